The number of nitrogens with one attached hydrogen (secondary N) is 1. The van der Waals surface area contributed by atoms with Crippen LogP contribution >= 0.6 is 11.3 Å². The average molecular weight is 241 g/mol. The number of carbonyl (C=O) groups is 2. The van der Waals surface area contributed by atoms with Crippen LogP contribution in [0.1, 0.15) is 18.9 Å². The van der Waals surface area contributed by atoms with Crippen LogP contribution in [0.25, 0.3) is 0 Å². The minimum Gasteiger partial charge on any atom is -0.374 e. The van der Waals surface area contributed by atoms with Crippen LogP contribution in [0.15, 0.2) is 0 Å². The molecule has 0 aliphatic carbocycles. The number of nitrogen functional groups attached to an aromatic ring is 1. The molecule has 16 heavy (non-hydrogen) atoms. The van der Waals surface area contributed by atoms with Crippen molar-refractivity contribution in [3.8, 4) is 0 Å². The summed E-state index contributed by atoms with van der Waals surface area (Å²) >= 11 is 1.16. The highest BCUT2D eigenvalue weighted by molar-refractivity contribution is 7.15. The van der Waals surface area contributed by atoms with Crippen molar-refractivity contribution in [3.63, 3.8) is 0 Å². The van der Waals surface area contributed by atoms with Gasteiger partial charge in [0.25, 0.3) is 5.91 Å². The molecule has 8 heteroatoms. The second kappa shape index (κ2) is 3.41. The number of anilines is 1. The predicted octanol–water partition coefficient (Wildman–Crippen LogP) is -0.0493. The highest BCUT2D eigenvalue weighted by Gasteiger charge is 2.44. The monoisotopic (exact) mass is 241 g/mol. The van der Waals surface area contributed by atoms with Crippen molar-refractivity contribution in [2.75, 3.05) is 5.73 Å². The Bertz CT molecular complexity index is 455. The lowest BCUT2D eigenvalue weighted by Crippen LogP contribution is -2.40. The molecule has 7 nitrogen and oxygen atoms in total. The van der Waals surface area contributed by atoms with Crippen molar-refractivity contribution >= 4 is 28.4 Å². The molecule has 2 rings (SSSR count). The Morgan fingerprint density at radius 2 is 2.12 bits per heavy atom. The van der Waals surface area contributed by atoms with Gasteiger partial charge in [-0.2, -0.15) is 0 Å². The number of aromatic nitrogens is 2. The molecule has 2 heterocycles. The Kier molecular flexibility index (Phi) is 2.30. The fraction of sp³-hybridized carbons (Fsp3) is 0.500. The van der Waals surface area contributed by atoms with Crippen LogP contribution in [0.5, 0.6) is 0 Å². The van der Waals surface area contributed by atoms with Gasteiger partial charge in [-0.1, -0.05) is 11.3 Å². The summed E-state index contributed by atoms with van der Waals surface area (Å²) < 4.78 is 0. The number of hydrogen-bond donors (Lipinski definition) is 2. The molecule has 1 saturated heterocycles. The summed E-state index contributed by atoms with van der Waals surface area (Å²) in [5.74, 6) is -0.272. The molecule has 0 spiro atoms. The molecule has 86 valence electrons. The number of nitrogens with two attached hydrogens (primary N) is 1. The van der Waals surface area contributed by atoms with E-state index in [1.165, 1.54) is 0 Å². The van der Waals surface area contributed by atoms with Gasteiger partial charge in [-0.25, -0.2) is 4.79 Å². The predicted molar refractivity (Wildman–Crippen MR) is 57.5 cm³/mol. The molecule has 1 fully saturated rings. The fourth-order valence-electron chi connectivity index (χ4n) is 1.43. The first-order chi connectivity index (χ1) is 7.40. The first-order valence-corrected chi connectivity index (χ1v) is 5.44. The minimum absolute atomic E-state index is 0.114. The van der Waals surface area contributed by atoms with Gasteiger partial charge in [-0.3, -0.25) is 9.69 Å². The van der Waals surface area contributed by atoms with E-state index in [9.17, 15) is 9.59 Å². The molecule has 1 aliphatic rings. The topological polar surface area (TPSA) is 101 Å². The highest BCUT2D eigenvalue weighted by atomic mass is 32.1. The van der Waals surface area contributed by atoms with Crippen LogP contribution in [0.4, 0.5) is 9.93 Å². The summed E-state index contributed by atoms with van der Waals surface area (Å²) in [5, 5.41) is 10.8. The van der Waals surface area contributed by atoms with Gasteiger partial charge in [-0.05, 0) is 13.8 Å². The minimum atomic E-state index is -0.854. The van der Waals surface area contributed by atoms with Gasteiger partial charge >= 0.3 is 6.03 Å². The number of imide groups is 1. The van der Waals surface area contributed by atoms with E-state index in [4.69, 9.17) is 5.73 Å². The molecule has 1 aromatic heterocycles. The maximum absolute atomic E-state index is 11.8. The molecule has 0 atom stereocenters. The summed E-state index contributed by atoms with van der Waals surface area (Å²) in [6.45, 7) is 3.42. The van der Waals surface area contributed by atoms with Gasteiger partial charge in [-0.15, -0.1) is 10.2 Å². The lowest BCUT2D eigenvalue weighted by Gasteiger charge is -2.14. The van der Waals surface area contributed by atoms with Crippen LogP contribution < -0.4 is 11.1 Å². The van der Waals surface area contributed by atoms with E-state index in [0.717, 1.165) is 16.2 Å². The SMILES string of the molecule is CC1(C)NC(=O)N(Cc2nnc(N)s2)C1=O. The molecule has 0 aromatic carbocycles. The summed E-state index contributed by atoms with van der Waals surface area (Å²) in [6.07, 6.45) is 0. The van der Waals surface area contributed by atoms with Gasteiger partial charge < -0.3 is 11.1 Å². The molecule has 0 bridgehead atoms. The van der Waals surface area contributed by atoms with Gasteiger partial charge in [0.15, 0.2) is 0 Å². The number of amides is 3. The lowest BCUT2D eigenvalue weighted by molar-refractivity contribution is -0.130. The van der Waals surface area contributed by atoms with Gasteiger partial charge in [0.2, 0.25) is 5.13 Å². The standard InChI is InChI=1S/C8H11N5O2S/c1-8(2)5(14)13(7(15)10-8)3-4-11-12-6(9)16-4/h3H2,1-2H3,(H2,9,12)(H,10,15). The Hall–Kier alpha value is -1.70. The molecular weight excluding hydrogens is 230 g/mol. The molecular formula is C8H11N5O2S. The van der Waals surface area contributed by atoms with Crippen molar-refractivity contribution in [1.82, 2.24) is 20.4 Å². The smallest absolute Gasteiger partial charge is 0.325 e. The van der Waals surface area contributed by atoms with Crippen LogP contribution in [0.2, 0.25) is 0 Å². The van der Waals surface area contributed by atoms with Gasteiger partial charge in [0.05, 0.1) is 6.54 Å². The third kappa shape index (κ3) is 1.71. The van der Waals surface area contributed by atoms with Crippen LogP contribution in [-0.4, -0.2) is 32.6 Å². The number of rotatable bonds is 2. The largest absolute Gasteiger partial charge is 0.374 e. The number of carbonyl (C=O) groups excluding carboxylic acids is 2. The van der Waals surface area contributed by atoms with E-state index in [0.29, 0.717) is 10.1 Å². The molecule has 0 radical (unpaired) electrons. The Morgan fingerprint density at radius 3 is 2.56 bits per heavy atom. The third-order valence-corrected chi connectivity index (χ3v) is 2.96. The Morgan fingerprint density at radius 1 is 1.44 bits per heavy atom. The Labute approximate surface area is 95.6 Å². The number of urea groups is 1. The summed E-state index contributed by atoms with van der Waals surface area (Å²) in [7, 11) is 0. The maximum Gasteiger partial charge on any atom is 0.325 e. The van der Waals surface area contributed by atoms with Crippen molar-refractivity contribution in [3.05, 3.63) is 5.01 Å². The molecule has 3 N–H and O–H groups in total. The third-order valence-electron chi connectivity index (χ3n) is 2.22. The van der Waals surface area contributed by atoms with E-state index in [-0.39, 0.29) is 12.5 Å². The van der Waals surface area contributed by atoms with E-state index >= 15 is 0 Å². The average Bonchev–Trinajstić information content (AvgIpc) is 2.65. The van der Waals surface area contributed by atoms with Gasteiger partial charge in [0, 0.05) is 0 Å². The number of hydrogen-bond acceptors (Lipinski definition) is 6. The second-order valence-electron chi connectivity index (χ2n) is 3.98. The molecule has 0 saturated carbocycles. The highest BCUT2D eigenvalue weighted by Crippen LogP contribution is 2.21. The first kappa shape index (κ1) is 10.8. The van der Waals surface area contributed by atoms with Crippen molar-refractivity contribution < 1.29 is 9.59 Å². The van der Waals surface area contributed by atoms with Crippen LogP contribution in [0, 0.1) is 0 Å². The molecule has 1 aliphatic heterocycles. The normalized spacial score (nSPS) is 19.0. The zero-order valence-corrected chi connectivity index (χ0v) is 9.67. The Balaban J connectivity index is 2.17. The summed E-state index contributed by atoms with van der Waals surface area (Å²) in [4.78, 5) is 24.5. The molecule has 0 unspecified atom stereocenters. The van der Waals surface area contributed by atoms with Gasteiger partial charge in [0.1, 0.15) is 10.5 Å². The van der Waals surface area contributed by atoms with Crippen LogP contribution in [-0.2, 0) is 11.3 Å². The van der Waals surface area contributed by atoms with E-state index in [1.54, 1.807) is 13.8 Å². The van der Waals surface area contributed by atoms with E-state index in [2.05, 4.69) is 15.5 Å². The van der Waals surface area contributed by atoms with E-state index in [1.807, 2.05) is 0 Å². The molecule has 1 aromatic rings. The van der Waals surface area contributed by atoms with Crippen LogP contribution in [0.3, 0.4) is 0 Å². The summed E-state index contributed by atoms with van der Waals surface area (Å²) in [5.41, 5.74) is 4.56. The zero-order valence-electron chi connectivity index (χ0n) is 8.85. The van der Waals surface area contributed by atoms with E-state index < -0.39 is 11.6 Å². The second-order valence-corrected chi connectivity index (χ2v) is 5.07. The van der Waals surface area contributed by atoms with Crippen molar-refractivity contribution in [2.24, 2.45) is 0 Å². The lowest BCUT2D eigenvalue weighted by atomic mass is 10.1. The fourth-order valence-corrected chi connectivity index (χ4v) is 2.03. The van der Waals surface area contributed by atoms with Crippen molar-refractivity contribution in [1.29, 1.82) is 0 Å². The number of nitrogens with zero attached hydrogens (tertiary/aromatic N) is 3. The molecule has 3 amide bonds. The quantitative estimate of drug-likeness (QED) is 0.707. The first-order valence-electron chi connectivity index (χ1n) is 4.62. The maximum atomic E-state index is 11.8. The zero-order chi connectivity index (χ0) is 11.9. The van der Waals surface area contributed by atoms with Crippen molar-refractivity contribution in [2.45, 2.75) is 25.9 Å². The summed E-state index contributed by atoms with van der Waals surface area (Å²) in [6, 6.07) is -0.413.